The highest BCUT2D eigenvalue weighted by atomic mass is 32.1. The number of rotatable bonds is 3. The second-order valence-corrected chi connectivity index (χ2v) is 5.39. The van der Waals surface area contributed by atoms with E-state index in [1.165, 1.54) is 18.4 Å². The molecule has 106 valence electrons. The molecule has 0 unspecified atom stereocenters. The van der Waals surface area contributed by atoms with Crippen molar-refractivity contribution in [2.75, 3.05) is 14.2 Å². The molecule has 0 amide bonds. The van der Waals surface area contributed by atoms with Crippen molar-refractivity contribution in [3.8, 4) is 16.3 Å². The SMILES string of the molecule is COC(=O)c1cccc2nc(-c3ccc(OC)cc3)sc12. The average molecular weight is 299 g/mol. The Bertz CT molecular complexity index is 793. The van der Waals surface area contributed by atoms with E-state index in [0.29, 0.717) is 5.56 Å². The van der Waals surface area contributed by atoms with Gasteiger partial charge in [-0.25, -0.2) is 9.78 Å². The molecule has 0 aliphatic carbocycles. The fourth-order valence-corrected chi connectivity index (χ4v) is 3.15. The maximum absolute atomic E-state index is 11.8. The number of ether oxygens (including phenoxy) is 2. The van der Waals surface area contributed by atoms with E-state index in [-0.39, 0.29) is 5.97 Å². The number of nitrogens with zero attached hydrogens (tertiary/aromatic N) is 1. The standard InChI is InChI=1S/C16H13NO3S/c1-19-11-8-6-10(7-9-11)15-17-13-5-3-4-12(14(13)21-15)16(18)20-2/h3-9H,1-2H3. The molecule has 3 rings (SSSR count). The van der Waals surface area contributed by atoms with Crippen LogP contribution in [-0.2, 0) is 4.74 Å². The lowest BCUT2D eigenvalue weighted by molar-refractivity contribution is 0.0603. The predicted octanol–water partition coefficient (Wildman–Crippen LogP) is 3.76. The van der Waals surface area contributed by atoms with Crippen molar-refractivity contribution in [3.63, 3.8) is 0 Å². The first-order valence-corrected chi connectivity index (χ1v) is 7.17. The predicted molar refractivity (Wildman–Crippen MR) is 82.9 cm³/mol. The number of aromatic nitrogens is 1. The van der Waals surface area contributed by atoms with Crippen LogP contribution in [-0.4, -0.2) is 25.2 Å². The van der Waals surface area contributed by atoms with E-state index in [1.807, 2.05) is 36.4 Å². The van der Waals surface area contributed by atoms with Crippen molar-refractivity contribution < 1.29 is 14.3 Å². The monoisotopic (exact) mass is 299 g/mol. The van der Waals surface area contributed by atoms with Gasteiger partial charge in [-0.2, -0.15) is 0 Å². The summed E-state index contributed by atoms with van der Waals surface area (Å²) in [4.78, 5) is 16.4. The van der Waals surface area contributed by atoms with Gasteiger partial charge in [0.1, 0.15) is 10.8 Å². The van der Waals surface area contributed by atoms with Crippen LogP contribution >= 0.6 is 11.3 Å². The number of methoxy groups -OCH3 is 2. The van der Waals surface area contributed by atoms with E-state index >= 15 is 0 Å². The highest BCUT2D eigenvalue weighted by Gasteiger charge is 2.14. The Kier molecular flexibility index (Phi) is 3.58. The molecule has 21 heavy (non-hydrogen) atoms. The van der Waals surface area contributed by atoms with Crippen LogP contribution in [0.1, 0.15) is 10.4 Å². The first-order valence-electron chi connectivity index (χ1n) is 6.35. The molecule has 0 N–H and O–H groups in total. The summed E-state index contributed by atoms with van der Waals surface area (Å²) in [7, 11) is 3.02. The molecule has 1 heterocycles. The summed E-state index contributed by atoms with van der Waals surface area (Å²) in [5.41, 5.74) is 2.34. The van der Waals surface area contributed by atoms with Crippen molar-refractivity contribution in [2.24, 2.45) is 0 Å². The maximum atomic E-state index is 11.8. The van der Waals surface area contributed by atoms with Crippen LogP contribution in [0.5, 0.6) is 5.75 Å². The number of thiazole rings is 1. The first kappa shape index (κ1) is 13.6. The van der Waals surface area contributed by atoms with Crippen LogP contribution in [0.3, 0.4) is 0 Å². The van der Waals surface area contributed by atoms with Crippen LogP contribution in [0.25, 0.3) is 20.8 Å². The third-order valence-corrected chi connectivity index (χ3v) is 4.31. The minimum atomic E-state index is -0.342. The second-order valence-electron chi connectivity index (χ2n) is 4.39. The molecule has 0 aliphatic heterocycles. The summed E-state index contributed by atoms with van der Waals surface area (Å²) in [5, 5.41) is 0.865. The molecule has 0 radical (unpaired) electrons. The Balaban J connectivity index is 2.10. The van der Waals surface area contributed by atoms with Crippen molar-refractivity contribution in [2.45, 2.75) is 0 Å². The molecule has 0 atom stereocenters. The fourth-order valence-electron chi connectivity index (χ4n) is 2.08. The Morgan fingerprint density at radius 2 is 1.86 bits per heavy atom. The zero-order chi connectivity index (χ0) is 14.8. The van der Waals surface area contributed by atoms with Gasteiger partial charge < -0.3 is 9.47 Å². The highest BCUT2D eigenvalue weighted by molar-refractivity contribution is 7.22. The van der Waals surface area contributed by atoms with Gasteiger partial charge in [0.15, 0.2) is 0 Å². The molecule has 0 spiro atoms. The van der Waals surface area contributed by atoms with Crippen molar-refractivity contribution >= 4 is 27.5 Å². The van der Waals surface area contributed by atoms with Gasteiger partial charge in [0, 0.05) is 5.56 Å². The van der Waals surface area contributed by atoms with E-state index < -0.39 is 0 Å². The third-order valence-electron chi connectivity index (χ3n) is 3.16. The van der Waals surface area contributed by atoms with Gasteiger partial charge in [0.25, 0.3) is 0 Å². The van der Waals surface area contributed by atoms with E-state index in [4.69, 9.17) is 9.47 Å². The van der Waals surface area contributed by atoms with Crippen LogP contribution in [0.2, 0.25) is 0 Å². The van der Waals surface area contributed by atoms with E-state index in [2.05, 4.69) is 4.98 Å². The van der Waals surface area contributed by atoms with Crippen LogP contribution in [0.4, 0.5) is 0 Å². The van der Waals surface area contributed by atoms with E-state index in [0.717, 1.165) is 26.5 Å². The Morgan fingerprint density at radius 3 is 2.52 bits per heavy atom. The van der Waals surface area contributed by atoms with Gasteiger partial charge in [-0.3, -0.25) is 0 Å². The summed E-state index contributed by atoms with van der Waals surface area (Å²) in [6.07, 6.45) is 0. The summed E-state index contributed by atoms with van der Waals surface area (Å²) >= 11 is 1.48. The lowest BCUT2D eigenvalue weighted by Crippen LogP contribution is -2.00. The summed E-state index contributed by atoms with van der Waals surface area (Å²) in [6.45, 7) is 0. The molecule has 4 nitrogen and oxygen atoms in total. The first-order chi connectivity index (χ1) is 10.2. The van der Waals surface area contributed by atoms with Gasteiger partial charge >= 0.3 is 5.97 Å². The number of esters is 1. The Morgan fingerprint density at radius 1 is 1.10 bits per heavy atom. The van der Waals surface area contributed by atoms with Crippen LogP contribution in [0.15, 0.2) is 42.5 Å². The van der Waals surface area contributed by atoms with Crippen LogP contribution in [0, 0.1) is 0 Å². The van der Waals surface area contributed by atoms with Crippen molar-refractivity contribution in [3.05, 3.63) is 48.0 Å². The molecule has 3 aromatic rings. The fraction of sp³-hybridized carbons (Fsp3) is 0.125. The van der Waals surface area contributed by atoms with E-state index in [9.17, 15) is 4.79 Å². The Hall–Kier alpha value is -2.40. The normalized spacial score (nSPS) is 10.6. The summed E-state index contributed by atoms with van der Waals surface area (Å²) in [6, 6.07) is 13.1. The summed E-state index contributed by atoms with van der Waals surface area (Å²) < 4.78 is 10.8. The topological polar surface area (TPSA) is 48.4 Å². The van der Waals surface area contributed by atoms with Gasteiger partial charge in [0.2, 0.25) is 0 Å². The largest absolute Gasteiger partial charge is 0.497 e. The number of benzene rings is 2. The van der Waals surface area contributed by atoms with Crippen molar-refractivity contribution in [1.82, 2.24) is 4.98 Å². The van der Waals surface area contributed by atoms with E-state index in [1.54, 1.807) is 13.2 Å². The lowest BCUT2D eigenvalue weighted by Gasteiger charge is -2.00. The lowest BCUT2D eigenvalue weighted by atomic mass is 10.2. The Labute approximate surface area is 126 Å². The number of carbonyl (C=O) groups excluding carboxylic acids is 1. The smallest absolute Gasteiger partial charge is 0.339 e. The molecule has 5 heteroatoms. The van der Waals surface area contributed by atoms with Gasteiger partial charge in [-0.15, -0.1) is 11.3 Å². The molecular weight excluding hydrogens is 286 g/mol. The average Bonchev–Trinajstić information content (AvgIpc) is 2.98. The number of fused-ring (bicyclic) bond motifs is 1. The minimum Gasteiger partial charge on any atom is -0.497 e. The third kappa shape index (κ3) is 2.48. The molecule has 0 saturated carbocycles. The zero-order valence-corrected chi connectivity index (χ0v) is 12.4. The van der Waals surface area contributed by atoms with Crippen molar-refractivity contribution in [1.29, 1.82) is 0 Å². The highest BCUT2D eigenvalue weighted by Crippen LogP contribution is 2.33. The molecular formula is C16H13NO3S. The van der Waals surface area contributed by atoms with Gasteiger partial charge in [-0.1, -0.05) is 6.07 Å². The zero-order valence-electron chi connectivity index (χ0n) is 11.6. The molecule has 0 bridgehead atoms. The maximum Gasteiger partial charge on any atom is 0.339 e. The molecule has 0 fully saturated rings. The van der Waals surface area contributed by atoms with Gasteiger partial charge in [-0.05, 0) is 36.4 Å². The molecule has 2 aromatic carbocycles. The number of carbonyl (C=O) groups is 1. The molecule has 1 aromatic heterocycles. The summed E-state index contributed by atoms with van der Waals surface area (Å²) in [5.74, 6) is 0.459. The quantitative estimate of drug-likeness (QED) is 0.691. The molecule has 0 aliphatic rings. The van der Waals surface area contributed by atoms with Crippen LogP contribution < -0.4 is 4.74 Å². The number of hydrogen-bond acceptors (Lipinski definition) is 5. The molecule has 0 saturated heterocycles. The second kappa shape index (κ2) is 5.54. The number of hydrogen-bond donors (Lipinski definition) is 0. The van der Waals surface area contributed by atoms with Gasteiger partial charge in [0.05, 0.1) is 30.0 Å². The minimum absolute atomic E-state index is 0.342.